The van der Waals surface area contributed by atoms with E-state index in [1.54, 1.807) is 11.8 Å². The van der Waals surface area contributed by atoms with Crippen LogP contribution in [0.25, 0.3) is 0 Å². The Morgan fingerprint density at radius 3 is 2.75 bits per heavy atom. The third-order valence-corrected chi connectivity index (χ3v) is 4.91. The Morgan fingerprint density at radius 1 is 1.35 bits per heavy atom. The second kappa shape index (κ2) is 6.37. The Morgan fingerprint density at radius 2 is 2.05 bits per heavy atom. The van der Waals surface area contributed by atoms with E-state index in [9.17, 15) is 4.79 Å². The van der Waals surface area contributed by atoms with Crippen molar-refractivity contribution in [1.82, 2.24) is 10.6 Å². The van der Waals surface area contributed by atoms with Gasteiger partial charge in [-0.25, -0.2) is 0 Å². The molecular weight excluding hydrogens is 270 g/mol. The van der Waals surface area contributed by atoms with Crippen molar-refractivity contribution in [1.29, 1.82) is 0 Å². The van der Waals surface area contributed by atoms with Gasteiger partial charge in [-0.1, -0.05) is 24.6 Å². The first-order valence-corrected chi connectivity index (χ1v) is 8.63. The highest BCUT2D eigenvalue weighted by atomic mass is 32.2. The number of hydrogen-bond donors (Lipinski definition) is 2. The van der Waals surface area contributed by atoms with E-state index in [-0.39, 0.29) is 17.5 Å². The minimum atomic E-state index is -0.236. The Hall–Kier alpha value is -0.710. The molecule has 0 radical (unpaired) electrons. The smallest absolute Gasteiger partial charge is 0.242 e. The molecule has 3 unspecified atom stereocenters. The Labute approximate surface area is 126 Å². The number of carbonyl (C=O) groups is 1. The first-order valence-electron chi connectivity index (χ1n) is 7.64. The average Bonchev–Trinajstić information content (AvgIpc) is 2.36. The Bertz CT molecular complexity index is 389. The van der Waals surface area contributed by atoms with Crippen molar-refractivity contribution < 1.29 is 4.79 Å². The molecule has 1 fully saturated rings. The summed E-state index contributed by atoms with van der Waals surface area (Å²) >= 11 is 1.77. The standard InChI is InChI=1S/C15H27N3OS/c1-10(13(19)18-15(2,3)4)16-14-17-12-8-6-5-7-11(12)9-20-14/h10-12H,5-9H2,1-4H3,(H,16,17)(H,18,19). The molecule has 0 aromatic rings. The van der Waals surface area contributed by atoms with Gasteiger partial charge in [-0.2, -0.15) is 0 Å². The summed E-state index contributed by atoms with van der Waals surface area (Å²) in [6, 6.07) is 0.242. The molecule has 4 nitrogen and oxygen atoms in total. The first-order chi connectivity index (χ1) is 9.35. The highest BCUT2D eigenvalue weighted by Crippen LogP contribution is 2.33. The lowest BCUT2D eigenvalue weighted by atomic mass is 9.86. The van der Waals surface area contributed by atoms with Crippen molar-refractivity contribution in [3.63, 3.8) is 0 Å². The van der Waals surface area contributed by atoms with Crippen LogP contribution in [0, 0.1) is 5.92 Å². The van der Waals surface area contributed by atoms with Gasteiger partial charge < -0.3 is 10.6 Å². The topological polar surface area (TPSA) is 53.5 Å². The van der Waals surface area contributed by atoms with E-state index in [4.69, 9.17) is 4.99 Å². The van der Waals surface area contributed by atoms with E-state index in [1.165, 1.54) is 25.7 Å². The van der Waals surface area contributed by atoms with Crippen LogP contribution in [0.4, 0.5) is 0 Å². The van der Waals surface area contributed by atoms with Gasteiger partial charge in [0.15, 0.2) is 5.17 Å². The predicted octanol–water partition coefficient (Wildman–Crippen LogP) is 2.54. The van der Waals surface area contributed by atoms with Crippen LogP contribution in [-0.2, 0) is 4.79 Å². The molecule has 0 spiro atoms. The molecule has 2 rings (SSSR count). The molecule has 5 heteroatoms. The molecule has 114 valence electrons. The van der Waals surface area contributed by atoms with Crippen molar-refractivity contribution in [3.05, 3.63) is 0 Å². The molecule has 1 amide bonds. The molecule has 1 heterocycles. The third-order valence-electron chi connectivity index (χ3n) is 3.82. The molecule has 1 aliphatic carbocycles. The molecule has 0 bridgehead atoms. The average molecular weight is 297 g/mol. The van der Waals surface area contributed by atoms with E-state index in [0.29, 0.717) is 6.04 Å². The minimum absolute atomic E-state index is 0.0339. The summed E-state index contributed by atoms with van der Waals surface area (Å²) in [6.45, 7) is 7.89. The summed E-state index contributed by atoms with van der Waals surface area (Å²) < 4.78 is 0. The number of carbonyl (C=O) groups excluding carboxylic acids is 1. The van der Waals surface area contributed by atoms with Crippen molar-refractivity contribution >= 4 is 22.8 Å². The quantitative estimate of drug-likeness (QED) is 0.823. The second-order valence-corrected chi connectivity index (χ2v) is 7.97. The van der Waals surface area contributed by atoms with E-state index in [2.05, 4.69) is 10.6 Å². The number of amides is 1. The zero-order valence-corrected chi connectivity index (χ0v) is 13.8. The van der Waals surface area contributed by atoms with Crippen LogP contribution in [0.1, 0.15) is 53.4 Å². The van der Waals surface area contributed by atoms with E-state index in [0.717, 1.165) is 16.8 Å². The maximum atomic E-state index is 12.1. The fourth-order valence-corrected chi connectivity index (χ4v) is 3.96. The van der Waals surface area contributed by atoms with E-state index >= 15 is 0 Å². The highest BCUT2D eigenvalue weighted by molar-refractivity contribution is 8.13. The lowest BCUT2D eigenvalue weighted by Crippen LogP contribution is -2.51. The minimum Gasteiger partial charge on any atom is -0.353 e. The van der Waals surface area contributed by atoms with Crippen molar-refractivity contribution in [2.45, 2.75) is 71.0 Å². The largest absolute Gasteiger partial charge is 0.353 e. The molecule has 0 aromatic heterocycles. The van der Waals surface area contributed by atoms with Crippen LogP contribution >= 0.6 is 11.8 Å². The predicted molar refractivity (Wildman–Crippen MR) is 86.1 cm³/mol. The molecule has 1 aliphatic heterocycles. The van der Waals surface area contributed by atoms with Crippen LogP contribution in [0.5, 0.6) is 0 Å². The summed E-state index contributed by atoms with van der Waals surface area (Å²) in [5.41, 5.74) is -0.191. The van der Waals surface area contributed by atoms with Crippen LogP contribution in [0.3, 0.4) is 0 Å². The van der Waals surface area contributed by atoms with Gasteiger partial charge in [0.05, 0.1) is 6.04 Å². The summed E-state index contributed by atoms with van der Waals surface area (Å²) in [6.07, 6.45) is 5.17. The van der Waals surface area contributed by atoms with Crippen molar-refractivity contribution in [2.24, 2.45) is 10.9 Å². The van der Waals surface area contributed by atoms with Crippen LogP contribution in [0.15, 0.2) is 4.99 Å². The molecule has 1 saturated carbocycles. The zero-order valence-electron chi connectivity index (χ0n) is 13.0. The van der Waals surface area contributed by atoms with Gasteiger partial charge in [-0.3, -0.25) is 9.79 Å². The van der Waals surface area contributed by atoms with Gasteiger partial charge in [-0.05, 0) is 46.5 Å². The number of rotatable bonds is 2. The molecule has 0 saturated heterocycles. The fraction of sp³-hybridized carbons (Fsp3) is 0.867. The van der Waals surface area contributed by atoms with Gasteiger partial charge >= 0.3 is 0 Å². The molecular formula is C15H27N3OS. The Kier molecular flexibility index (Phi) is 4.99. The summed E-state index contributed by atoms with van der Waals surface area (Å²) in [5, 5.41) is 7.22. The number of nitrogens with one attached hydrogen (secondary N) is 2. The number of hydrogen-bond acceptors (Lipinski definition) is 4. The van der Waals surface area contributed by atoms with Gasteiger partial charge in [0, 0.05) is 11.3 Å². The fourth-order valence-electron chi connectivity index (χ4n) is 2.73. The number of thioether (sulfide) groups is 1. The number of aliphatic imine (C=N–C) groups is 1. The van der Waals surface area contributed by atoms with Gasteiger partial charge in [0.25, 0.3) is 0 Å². The molecule has 0 aromatic carbocycles. The van der Waals surface area contributed by atoms with Crippen LogP contribution in [-0.4, -0.2) is 34.5 Å². The number of fused-ring (bicyclic) bond motifs is 1. The maximum Gasteiger partial charge on any atom is 0.242 e. The second-order valence-electron chi connectivity index (χ2n) is 6.96. The molecule has 3 atom stereocenters. The molecule has 2 N–H and O–H groups in total. The lowest BCUT2D eigenvalue weighted by molar-refractivity contribution is -0.123. The summed E-state index contributed by atoms with van der Waals surface area (Å²) in [7, 11) is 0. The van der Waals surface area contributed by atoms with Crippen LogP contribution < -0.4 is 10.6 Å². The van der Waals surface area contributed by atoms with Crippen molar-refractivity contribution in [2.75, 3.05) is 5.75 Å². The number of nitrogens with zero attached hydrogens (tertiary/aromatic N) is 1. The Balaban J connectivity index is 1.89. The van der Waals surface area contributed by atoms with Gasteiger partial charge in [-0.15, -0.1) is 0 Å². The zero-order chi connectivity index (χ0) is 14.8. The van der Waals surface area contributed by atoms with Gasteiger partial charge in [0.2, 0.25) is 5.91 Å². The van der Waals surface area contributed by atoms with E-state index in [1.807, 2.05) is 27.7 Å². The van der Waals surface area contributed by atoms with Crippen LogP contribution in [0.2, 0.25) is 0 Å². The monoisotopic (exact) mass is 297 g/mol. The molecule has 20 heavy (non-hydrogen) atoms. The summed E-state index contributed by atoms with van der Waals surface area (Å²) in [5.74, 6) is 1.92. The van der Waals surface area contributed by atoms with Crippen molar-refractivity contribution in [3.8, 4) is 0 Å². The highest BCUT2D eigenvalue weighted by Gasteiger charge is 2.30. The molecule has 2 aliphatic rings. The van der Waals surface area contributed by atoms with E-state index < -0.39 is 0 Å². The summed E-state index contributed by atoms with van der Waals surface area (Å²) in [4.78, 5) is 16.9. The van der Waals surface area contributed by atoms with Gasteiger partial charge in [0.1, 0.15) is 6.04 Å². The SMILES string of the molecule is CC(NC1=NC2CCCCC2CS1)C(=O)NC(C)(C)C. The first kappa shape index (κ1) is 15.7. The maximum absolute atomic E-state index is 12.1. The number of amidine groups is 1. The third kappa shape index (κ3) is 4.40. The lowest BCUT2D eigenvalue weighted by Gasteiger charge is -2.33. The normalized spacial score (nSPS) is 28.1.